The van der Waals surface area contributed by atoms with E-state index in [2.05, 4.69) is 24.3 Å². The van der Waals surface area contributed by atoms with Gasteiger partial charge in [0.15, 0.2) is 0 Å². The van der Waals surface area contributed by atoms with E-state index in [1.165, 1.54) is 11.1 Å². The number of ether oxygens (including phenoxy) is 2. The van der Waals surface area contributed by atoms with Crippen LogP contribution in [0.1, 0.15) is 36.8 Å². The molecule has 0 aliphatic carbocycles. The maximum absolute atomic E-state index is 11.7. The fraction of sp³-hybridized carbons (Fsp3) is 0.409. The molecule has 1 aliphatic rings. The maximum Gasteiger partial charge on any atom is 0.313 e. The highest BCUT2D eigenvalue weighted by Gasteiger charge is 2.41. The number of benzene rings is 2. The zero-order valence-electron chi connectivity index (χ0n) is 14.6. The molecule has 0 radical (unpaired) electrons. The van der Waals surface area contributed by atoms with Gasteiger partial charge in [-0.25, -0.2) is 0 Å². The number of carbonyl (C=O) groups is 1. The maximum atomic E-state index is 11.7. The SMILES string of the molecule is O=C1O[C@H](CCCCCOCc2ccccc2)[C@H]1Cc1ccccc1. The molecular formula is C22H26O3. The number of unbranched alkanes of at least 4 members (excludes halogenated alkanes) is 2. The summed E-state index contributed by atoms with van der Waals surface area (Å²) in [6.45, 7) is 1.47. The minimum absolute atomic E-state index is 0.0386. The summed E-state index contributed by atoms with van der Waals surface area (Å²) in [5, 5.41) is 0. The Hall–Kier alpha value is -2.13. The molecule has 1 aliphatic heterocycles. The molecular weight excluding hydrogens is 312 g/mol. The topological polar surface area (TPSA) is 35.5 Å². The zero-order valence-corrected chi connectivity index (χ0v) is 14.6. The van der Waals surface area contributed by atoms with Gasteiger partial charge in [0.05, 0.1) is 12.5 Å². The first-order valence-electron chi connectivity index (χ1n) is 9.19. The van der Waals surface area contributed by atoms with Crippen molar-refractivity contribution in [1.82, 2.24) is 0 Å². The second kappa shape index (κ2) is 9.38. The van der Waals surface area contributed by atoms with Gasteiger partial charge in [-0.05, 0) is 36.8 Å². The minimum Gasteiger partial charge on any atom is -0.461 e. The van der Waals surface area contributed by atoms with E-state index in [0.29, 0.717) is 6.61 Å². The molecule has 3 rings (SSSR count). The molecule has 0 N–H and O–H groups in total. The van der Waals surface area contributed by atoms with Gasteiger partial charge in [0.1, 0.15) is 6.10 Å². The number of carbonyl (C=O) groups excluding carboxylic acids is 1. The number of rotatable bonds is 10. The second-order valence-electron chi connectivity index (χ2n) is 6.66. The molecule has 0 spiro atoms. The van der Waals surface area contributed by atoms with E-state index >= 15 is 0 Å². The Morgan fingerprint density at radius 2 is 1.52 bits per heavy atom. The highest BCUT2D eigenvalue weighted by atomic mass is 16.6. The molecule has 0 amide bonds. The molecule has 25 heavy (non-hydrogen) atoms. The lowest BCUT2D eigenvalue weighted by molar-refractivity contribution is -0.185. The first kappa shape index (κ1) is 17.7. The summed E-state index contributed by atoms with van der Waals surface area (Å²) < 4.78 is 11.0. The molecule has 132 valence electrons. The van der Waals surface area contributed by atoms with Crippen LogP contribution in [0.2, 0.25) is 0 Å². The Morgan fingerprint density at radius 3 is 2.20 bits per heavy atom. The molecule has 2 aromatic carbocycles. The molecule has 1 saturated heterocycles. The third-order valence-electron chi connectivity index (χ3n) is 4.71. The van der Waals surface area contributed by atoms with Crippen LogP contribution in [-0.2, 0) is 27.3 Å². The Balaban J connectivity index is 1.27. The van der Waals surface area contributed by atoms with Crippen molar-refractivity contribution < 1.29 is 14.3 Å². The van der Waals surface area contributed by atoms with E-state index in [9.17, 15) is 4.79 Å². The molecule has 0 bridgehead atoms. The summed E-state index contributed by atoms with van der Waals surface area (Å²) in [6, 6.07) is 20.4. The first-order chi connectivity index (χ1) is 12.3. The van der Waals surface area contributed by atoms with Gasteiger partial charge in [0.25, 0.3) is 0 Å². The van der Waals surface area contributed by atoms with E-state index < -0.39 is 0 Å². The van der Waals surface area contributed by atoms with Crippen molar-refractivity contribution in [1.29, 1.82) is 0 Å². The fourth-order valence-corrected chi connectivity index (χ4v) is 3.23. The van der Waals surface area contributed by atoms with Crippen LogP contribution < -0.4 is 0 Å². The van der Waals surface area contributed by atoms with Crippen molar-refractivity contribution in [2.45, 2.75) is 44.8 Å². The Morgan fingerprint density at radius 1 is 0.840 bits per heavy atom. The van der Waals surface area contributed by atoms with Gasteiger partial charge in [-0.3, -0.25) is 4.79 Å². The van der Waals surface area contributed by atoms with E-state index in [1.807, 2.05) is 36.4 Å². The number of hydrogen-bond donors (Lipinski definition) is 0. The van der Waals surface area contributed by atoms with Crippen molar-refractivity contribution in [2.75, 3.05) is 6.61 Å². The van der Waals surface area contributed by atoms with E-state index in [-0.39, 0.29) is 18.0 Å². The molecule has 0 saturated carbocycles. The van der Waals surface area contributed by atoms with Gasteiger partial charge in [-0.2, -0.15) is 0 Å². The zero-order chi connectivity index (χ0) is 17.3. The largest absolute Gasteiger partial charge is 0.461 e. The number of esters is 1. The number of hydrogen-bond acceptors (Lipinski definition) is 3. The Bertz CT molecular complexity index is 639. The highest BCUT2D eigenvalue weighted by molar-refractivity contribution is 5.78. The van der Waals surface area contributed by atoms with Crippen LogP contribution in [-0.4, -0.2) is 18.7 Å². The van der Waals surface area contributed by atoms with Crippen LogP contribution in [0.5, 0.6) is 0 Å². The summed E-state index contributed by atoms with van der Waals surface area (Å²) in [5.41, 5.74) is 2.43. The monoisotopic (exact) mass is 338 g/mol. The molecule has 3 heteroatoms. The van der Waals surface area contributed by atoms with Gasteiger partial charge in [-0.15, -0.1) is 0 Å². The molecule has 0 unspecified atom stereocenters. The van der Waals surface area contributed by atoms with Crippen LogP contribution in [0.3, 0.4) is 0 Å². The predicted molar refractivity (Wildman–Crippen MR) is 98.1 cm³/mol. The first-order valence-corrected chi connectivity index (χ1v) is 9.19. The van der Waals surface area contributed by atoms with Gasteiger partial charge in [-0.1, -0.05) is 67.1 Å². The third-order valence-corrected chi connectivity index (χ3v) is 4.71. The highest BCUT2D eigenvalue weighted by Crippen LogP contribution is 2.30. The fourth-order valence-electron chi connectivity index (χ4n) is 3.23. The molecule has 3 nitrogen and oxygen atoms in total. The summed E-state index contributed by atoms with van der Waals surface area (Å²) >= 11 is 0. The van der Waals surface area contributed by atoms with Gasteiger partial charge in [0.2, 0.25) is 0 Å². The normalized spacial score (nSPS) is 19.3. The van der Waals surface area contributed by atoms with Gasteiger partial charge < -0.3 is 9.47 Å². The average molecular weight is 338 g/mol. The predicted octanol–water partition coefficient (Wildman–Crippen LogP) is 4.55. The van der Waals surface area contributed by atoms with E-state index in [0.717, 1.165) is 38.7 Å². The quantitative estimate of drug-likeness (QED) is 0.471. The van der Waals surface area contributed by atoms with Crippen LogP contribution in [0.25, 0.3) is 0 Å². The standard InChI is InChI=1S/C22H26O3/c23-22-20(16-18-10-4-1-5-11-18)21(25-22)14-8-3-9-15-24-17-19-12-6-2-7-13-19/h1-2,4-7,10-13,20-21H,3,8-9,14-17H2/t20-,21-/m1/s1. The second-order valence-corrected chi connectivity index (χ2v) is 6.66. The van der Waals surface area contributed by atoms with Crippen molar-refractivity contribution in [3.8, 4) is 0 Å². The third kappa shape index (κ3) is 5.43. The summed E-state index contributed by atoms with van der Waals surface area (Å²) in [5.74, 6) is -0.00298. The lowest BCUT2D eigenvalue weighted by Gasteiger charge is -2.35. The van der Waals surface area contributed by atoms with Crippen molar-refractivity contribution in [3.63, 3.8) is 0 Å². The Labute approximate surface area is 150 Å². The van der Waals surface area contributed by atoms with Gasteiger partial charge in [0, 0.05) is 6.61 Å². The lowest BCUT2D eigenvalue weighted by Crippen LogP contribution is -2.46. The summed E-state index contributed by atoms with van der Waals surface area (Å²) in [4.78, 5) is 11.7. The average Bonchev–Trinajstić information content (AvgIpc) is 2.66. The summed E-state index contributed by atoms with van der Waals surface area (Å²) in [7, 11) is 0. The van der Waals surface area contributed by atoms with Crippen molar-refractivity contribution in [2.24, 2.45) is 5.92 Å². The van der Waals surface area contributed by atoms with Crippen LogP contribution in [0.15, 0.2) is 60.7 Å². The minimum atomic E-state index is -0.0416. The van der Waals surface area contributed by atoms with Gasteiger partial charge >= 0.3 is 5.97 Å². The van der Waals surface area contributed by atoms with E-state index in [4.69, 9.17) is 9.47 Å². The lowest BCUT2D eigenvalue weighted by atomic mass is 9.87. The van der Waals surface area contributed by atoms with E-state index in [1.54, 1.807) is 0 Å². The molecule has 2 aromatic rings. The van der Waals surface area contributed by atoms with Crippen molar-refractivity contribution >= 4 is 5.97 Å². The molecule has 2 atom stereocenters. The van der Waals surface area contributed by atoms with Crippen LogP contribution in [0.4, 0.5) is 0 Å². The molecule has 0 aromatic heterocycles. The molecule has 1 fully saturated rings. The molecule has 1 heterocycles. The number of cyclic esters (lactones) is 1. The van der Waals surface area contributed by atoms with Crippen LogP contribution >= 0.6 is 0 Å². The smallest absolute Gasteiger partial charge is 0.313 e. The van der Waals surface area contributed by atoms with Crippen LogP contribution in [0, 0.1) is 5.92 Å². The Kier molecular flexibility index (Phi) is 6.63. The van der Waals surface area contributed by atoms with Crippen molar-refractivity contribution in [3.05, 3.63) is 71.8 Å². The summed E-state index contributed by atoms with van der Waals surface area (Å²) in [6.07, 6.45) is 5.10.